The van der Waals surface area contributed by atoms with Crippen LogP contribution in [0.1, 0.15) is 18.5 Å². The van der Waals surface area contributed by atoms with Gasteiger partial charge in [0.25, 0.3) is 0 Å². The van der Waals surface area contributed by atoms with Gasteiger partial charge in [0.15, 0.2) is 0 Å². The molecule has 22 heavy (non-hydrogen) atoms. The van der Waals surface area contributed by atoms with Crippen molar-refractivity contribution in [2.75, 3.05) is 25.9 Å². The Kier molecular flexibility index (Phi) is 5.44. The van der Waals surface area contributed by atoms with E-state index in [1.165, 1.54) is 0 Å². The second kappa shape index (κ2) is 6.95. The van der Waals surface area contributed by atoms with Gasteiger partial charge in [-0.3, -0.25) is 4.79 Å². The van der Waals surface area contributed by atoms with Crippen LogP contribution in [0, 0.1) is 0 Å². The van der Waals surface area contributed by atoms with E-state index in [4.69, 9.17) is 11.6 Å². The zero-order chi connectivity index (χ0) is 16.3. The summed E-state index contributed by atoms with van der Waals surface area (Å²) in [5.74, 6) is -0.239. The van der Waals surface area contributed by atoms with Gasteiger partial charge in [-0.2, -0.15) is 0 Å². The summed E-state index contributed by atoms with van der Waals surface area (Å²) < 4.78 is 25.0. The SMILES string of the molecule is CC(NS(C)(=O)=O)C(=O)N1CCNCC1c1cccc(Cl)c1. The number of hydrogen-bond donors (Lipinski definition) is 2. The van der Waals surface area contributed by atoms with Gasteiger partial charge in [-0.05, 0) is 24.6 Å². The summed E-state index contributed by atoms with van der Waals surface area (Å²) in [5.41, 5.74) is 0.930. The molecule has 1 aromatic carbocycles. The zero-order valence-electron chi connectivity index (χ0n) is 12.5. The summed E-state index contributed by atoms with van der Waals surface area (Å²) in [7, 11) is -3.43. The summed E-state index contributed by atoms with van der Waals surface area (Å²) in [6, 6.07) is 6.40. The summed E-state index contributed by atoms with van der Waals surface area (Å²) in [5, 5.41) is 3.86. The van der Waals surface area contributed by atoms with E-state index in [0.29, 0.717) is 24.7 Å². The Bertz CT molecular complexity index is 650. The number of sulfonamides is 1. The largest absolute Gasteiger partial charge is 0.332 e. The first-order valence-electron chi connectivity index (χ1n) is 7.02. The molecule has 1 amide bonds. The van der Waals surface area contributed by atoms with Crippen molar-refractivity contribution in [2.45, 2.75) is 19.0 Å². The van der Waals surface area contributed by atoms with Crippen LogP contribution in [0.2, 0.25) is 5.02 Å². The average molecular weight is 346 g/mol. The topological polar surface area (TPSA) is 78.5 Å². The molecule has 1 heterocycles. The Morgan fingerprint density at radius 2 is 2.23 bits per heavy atom. The highest BCUT2D eigenvalue weighted by Gasteiger charge is 2.31. The van der Waals surface area contributed by atoms with E-state index in [2.05, 4.69) is 10.0 Å². The number of rotatable bonds is 4. The van der Waals surface area contributed by atoms with Crippen molar-refractivity contribution < 1.29 is 13.2 Å². The summed E-state index contributed by atoms with van der Waals surface area (Å²) >= 11 is 6.03. The molecular formula is C14H20ClN3O3S. The van der Waals surface area contributed by atoms with Gasteiger partial charge in [0, 0.05) is 24.7 Å². The molecule has 1 saturated heterocycles. The molecule has 0 aromatic heterocycles. The number of carbonyl (C=O) groups excluding carboxylic acids is 1. The highest BCUT2D eigenvalue weighted by molar-refractivity contribution is 7.88. The van der Waals surface area contributed by atoms with E-state index in [-0.39, 0.29) is 11.9 Å². The highest BCUT2D eigenvalue weighted by atomic mass is 35.5. The third kappa shape index (κ3) is 4.42. The van der Waals surface area contributed by atoms with Crippen molar-refractivity contribution in [1.82, 2.24) is 14.9 Å². The van der Waals surface area contributed by atoms with Crippen LogP contribution in [-0.4, -0.2) is 51.2 Å². The van der Waals surface area contributed by atoms with E-state index < -0.39 is 16.1 Å². The number of nitrogens with zero attached hydrogens (tertiary/aromatic N) is 1. The van der Waals surface area contributed by atoms with Gasteiger partial charge >= 0.3 is 0 Å². The highest BCUT2D eigenvalue weighted by Crippen LogP contribution is 2.25. The first kappa shape index (κ1) is 17.2. The molecule has 6 nitrogen and oxygen atoms in total. The van der Waals surface area contributed by atoms with Crippen LogP contribution in [0.25, 0.3) is 0 Å². The minimum absolute atomic E-state index is 0.163. The van der Waals surface area contributed by atoms with Gasteiger partial charge in [0.05, 0.1) is 18.3 Å². The molecular weight excluding hydrogens is 326 g/mol. The molecule has 2 atom stereocenters. The Morgan fingerprint density at radius 3 is 2.86 bits per heavy atom. The fraction of sp³-hybridized carbons (Fsp3) is 0.500. The lowest BCUT2D eigenvalue weighted by molar-refractivity contribution is -0.136. The maximum atomic E-state index is 12.6. The fourth-order valence-corrected chi connectivity index (χ4v) is 3.54. The molecule has 122 valence electrons. The fourth-order valence-electron chi connectivity index (χ4n) is 2.60. The van der Waals surface area contributed by atoms with E-state index >= 15 is 0 Å². The molecule has 1 aliphatic heterocycles. The third-order valence-electron chi connectivity index (χ3n) is 3.52. The minimum Gasteiger partial charge on any atom is -0.332 e. The van der Waals surface area contributed by atoms with Gasteiger partial charge in [-0.15, -0.1) is 0 Å². The number of carbonyl (C=O) groups is 1. The number of piperazine rings is 1. The van der Waals surface area contributed by atoms with Crippen molar-refractivity contribution in [3.05, 3.63) is 34.9 Å². The van der Waals surface area contributed by atoms with Gasteiger partial charge < -0.3 is 10.2 Å². The Labute approximate surface area is 135 Å². The van der Waals surface area contributed by atoms with E-state index in [1.807, 2.05) is 18.2 Å². The smallest absolute Gasteiger partial charge is 0.241 e. The van der Waals surface area contributed by atoms with Gasteiger partial charge in [-0.1, -0.05) is 23.7 Å². The molecule has 0 saturated carbocycles. The van der Waals surface area contributed by atoms with Gasteiger partial charge in [0.1, 0.15) is 0 Å². The zero-order valence-corrected chi connectivity index (χ0v) is 14.1. The number of hydrogen-bond acceptors (Lipinski definition) is 4. The van der Waals surface area contributed by atoms with Crippen molar-refractivity contribution in [1.29, 1.82) is 0 Å². The first-order chi connectivity index (χ1) is 10.3. The van der Waals surface area contributed by atoms with Crippen LogP contribution in [0.3, 0.4) is 0 Å². The summed E-state index contributed by atoms with van der Waals surface area (Å²) in [6.45, 7) is 3.36. The quantitative estimate of drug-likeness (QED) is 0.844. The van der Waals surface area contributed by atoms with Crippen molar-refractivity contribution in [3.63, 3.8) is 0 Å². The summed E-state index contributed by atoms with van der Waals surface area (Å²) in [4.78, 5) is 14.3. The molecule has 1 fully saturated rings. The lowest BCUT2D eigenvalue weighted by Gasteiger charge is -2.38. The van der Waals surface area contributed by atoms with Crippen molar-refractivity contribution >= 4 is 27.5 Å². The number of amides is 1. The molecule has 8 heteroatoms. The molecule has 2 unspecified atom stereocenters. The van der Waals surface area contributed by atoms with Crippen molar-refractivity contribution in [2.24, 2.45) is 0 Å². The minimum atomic E-state index is -3.43. The van der Waals surface area contributed by atoms with Gasteiger partial charge in [0.2, 0.25) is 15.9 Å². The molecule has 0 bridgehead atoms. The third-order valence-corrected chi connectivity index (χ3v) is 4.54. The van der Waals surface area contributed by atoms with Crippen LogP contribution < -0.4 is 10.0 Å². The lowest BCUT2D eigenvalue weighted by Crippen LogP contribution is -2.54. The average Bonchev–Trinajstić information content (AvgIpc) is 2.44. The number of benzene rings is 1. The van der Waals surface area contributed by atoms with Crippen LogP contribution >= 0.6 is 11.6 Å². The molecule has 2 rings (SSSR count). The van der Waals surface area contributed by atoms with Crippen LogP contribution in [0.4, 0.5) is 0 Å². The number of nitrogens with one attached hydrogen (secondary N) is 2. The van der Waals surface area contributed by atoms with Crippen LogP contribution in [-0.2, 0) is 14.8 Å². The molecule has 0 aliphatic carbocycles. The van der Waals surface area contributed by atoms with Crippen LogP contribution in [0.15, 0.2) is 24.3 Å². The van der Waals surface area contributed by atoms with Gasteiger partial charge in [-0.25, -0.2) is 13.1 Å². The Hall–Kier alpha value is -1.15. The van der Waals surface area contributed by atoms with E-state index in [0.717, 1.165) is 11.8 Å². The molecule has 0 spiro atoms. The van der Waals surface area contributed by atoms with E-state index in [9.17, 15) is 13.2 Å². The van der Waals surface area contributed by atoms with Crippen LogP contribution in [0.5, 0.6) is 0 Å². The second-order valence-corrected chi connectivity index (χ2v) is 7.63. The molecule has 2 N–H and O–H groups in total. The molecule has 1 aliphatic rings. The second-order valence-electron chi connectivity index (χ2n) is 5.42. The predicted molar refractivity (Wildman–Crippen MR) is 86.2 cm³/mol. The maximum Gasteiger partial charge on any atom is 0.241 e. The van der Waals surface area contributed by atoms with E-state index in [1.54, 1.807) is 17.9 Å². The monoisotopic (exact) mass is 345 g/mol. The molecule has 1 aromatic rings. The Balaban J connectivity index is 2.21. The standard InChI is InChI=1S/C14H20ClN3O3S/c1-10(17-22(2,20)21)14(19)18-7-6-16-9-13(18)11-4-3-5-12(15)8-11/h3-5,8,10,13,16-17H,6-7,9H2,1-2H3. The first-order valence-corrected chi connectivity index (χ1v) is 9.29. The summed E-state index contributed by atoms with van der Waals surface area (Å²) in [6.07, 6.45) is 1.04. The lowest BCUT2D eigenvalue weighted by atomic mass is 10.0. The molecule has 0 radical (unpaired) electrons. The Morgan fingerprint density at radius 1 is 1.50 bits per heavy atom. The normalized spacial score (nSPS) is 20.7. The predicted octanol–water partition coefficient (Wildman–Crippen LogP) is 0.751. The number of halogens is 1. The maximum absolute atomic E-state index is 12.6. The van der Waals surface area contributed by atoms with Crippen molar-refractivity contribution in [3.8, 4) is 0 Å².